The number of ether oxygens (including phenoxy) is 2. The van der Waals surface area contributed by atoms with Crippen molar-refractivity contribution in [3.63, 3.8) is 0 Å². The van der Waals surface area contributed by atoms with E-state index in [1.54, 1.807) is 6.07 Å². The molecule has 2 N–H and O–H groups in total. The Morgan fingerprint density at radius 1 is 0.955 bits per heavy atom. The van der Waals surface area contributed by atoms with Crippen LogP contribution in [0.1, 0.15) is 36.3 Å². The molecular weight excluding hydrogens is 568 g/mol. The summed E-state index contributed by atoms with van der Waals surface area (Å²) >= 11 is 0. The van der Waals surface area contributed by atoms with Gasteiger partial charge in [-0.15, -0.1) is 0 Å². The Hall–Kier alpha value is -5.23. The number of nitro groups is 1. The van der Waals surface area contributed by atoms with Crippen molar-refractivity contribution in [2.75, 3.05) is 6.61 Å². The van der Waals surface area contributed by atoms with E-state index in [0.29, 0.717) is 11.3 Å². The summed E-state index contributed by atoms with van der Waals surface area (Å²) < 4.78 is 18.2. The third-order valence-electron chi connectivity index (χ3n) is 7.24. The van der Waals surface area contributed by atoms with Crippen LogP contribution in [0.3, 0.4) is 0 Å². The predicted octanol–water partition coefficient (Wildman–Crippen LogP) is 6.00. The minimum absolute atomic E-state index is 0.00984. The summed E-state index contributed by atoms with van der Waals surface area (Å²) in [7, 11) is 0. The van der Waals surface area contributed by atoms with Crippen LogP contribution in [0.15, 0.2) is 83.4 Å². The molecule has 0 saturated heterocycles. The van der Waals surface area contributed by atoms with E-state index in [0.717, 1.165) is 37.9 Å². The number of hydrogen-bond donors (Lipinski definition) is 2. The largest absolute Gasteiger partial charge is 0.480 e. The standard InChI is InChI=1S/C32H32N4O8/c37-31(38)28(33-32(39)43-19-22-13-15-24(16-14-22)36(40)41)21-42-20-25-18-23(34-44-25)8-2-1-7-17-35-29-11-5-3-9-26(29)27-10-4-6-12-30(27)35/h3-6,9-16,18,28H,1-2,7-8,17,19-21H2,(H,33,39)(H,37,38)/t28-/m0/s1. The summed E-state index contributed by atoms with van der Waals surface area (Å²) in [6, 6.07) is 22.9. The number of fused-ring (bicyclic) bond motifs is 3. The first-order chi connectivity index (χ1) is 21.4. The lowest BCUT2D eigenvalue weighted by Gasteiger charge is -2.14. The fourth-order valence-electron chi connectivity index (χ4n) is 5.04. The van der Waals surface area contributed by atoms with Crippen LogP contribution >= 0.6 is 0 Å². The molecule has 0 bridgehead atoms. The number of amides is 1. The average Bonchev–Trinajstić information content (AvgIpc) is 3.61. The minimum Gasteiger partial charge on any atom is -0.480 e. The molecule has 12 nitrogen and oxygen atoms in total. The van der Waals surface area contributed by atoms with Gasteiger partial charge in [0.15, 0.2) is 11.8 Å². The molecule has 0 spiro atoms. The number of nitrogens with one attached hydrogen (secondary N) is 1. The van der Waals surface area contributed by atoms with Crippen molar-refractivity contribution < 1.29 is 33.6 Å². The lowest BCUT2D eigenvalue weighted by molar-refractivity contribution is -0.384. The van der Waals surface area contributed by atoms with Gasteiger partial charge in [-0.1, -0.05) is 48.0 Å². The topological polar surface area (TPSA) is 159 Å². The number of benzene rings is 3. The fourth-order valence-corrected chi connectivity index (χ4v) is 5.04. The maximum atomic E-state index is 12.1. The molecular formula is C32H32N4O8. The van der Waals surface area contributed by atoms with Gasteiger partial charge < -0.3 is 29.0 Å². The van der Waals surface area contributed by atoms with E-state index in [2.05, 4.69) is 63.6 Å². The highest BCUT2D eigenvalue weighted by atomic mass is 16.6. The molecule has 3 aromatic carbocycles. The summed E-state index contributed by atoms with van der Waals surface area (Å²) in [5, 5.41) is 29.0. The Labute approximate surface area is 252 Å². The van der Waals surface area contributed by atoms with E-state index < -0.39 is 23.0 Å². The zero-order valence-corrected chi connectivity index (χ0v) is 23.9. The fraction of sp³-hybridized carbons (Fsp3) is 0.281. The van der Waals surface area contributed by atoms with E-state index in [9.17, 15) is 24.8 Å². The second kappa shape index (κ2) is 14.3. The minimum atomic E-state index is -1.35. The lowest BCUT2D eigenvalue weighted by Crippen LogP contribution is -2.44. The monoisotopic (exact) mass is 600 g/mol. The molecule has 0 fully saturated rings. The molecule has 5 aromatic rings. The molecule has 44 heavy (non-hydrogen) atoms. The van der Waals surface area contributed by atoms with E-state index in [-0.39, 0.29) is 25.5 Å². The number of carboxylic acid groups (broad SMARTS) is 1. The van der Waals surface area contributed by atoms with Gasteiger partial charge in [0.2, 0.25) is 0 Å². The van der Waals surface area contributed by atoms with Gasteiger partial charge in [-0.2, -0.15) is 0 Å². The summed E-state index contributed by atoms with van der Waals surface area (Å²) in [5.74, 6) is -0.841. The Morgan fingerprint density at radius 3 is 2.30 bits per heavy atom. The van der Waals surface area contributed by atoms with E-state index in [1.165, 1.54) is 46.1 Å². The normalized spacial score (nSPS) is 11.9. The summed E-state index contributed by atoms with van der Waals surface area (Å²) in [5.41, 5.74) is 3.71. The molecule has 0 aliphatic carbocycles. The van der Waals surface area contributed by atoms with Gasteiger partial charge in [0.05, 0.1) is 17.2 Å². The first-order valence-corrected chi connectivity index (χ1v) is 14.3. The van der Waals surface area contributed by atoms with Crippen molar-refractivity contribution in [2.45, 2.75) is 51.5 Å². The van der Waals surface area contributed by atoms with Crippen LogP contribution in [0, 0.1) is 10.1 Å². The number of carbonyl (C=O) groups is 2. The van der Waals surface area contributed by atoms with Crippen LogP contribution in [0.2, 0.25) is 0 Å². The predicted molar refractivity (Wildman–Crippen MR) is 161 cm³/mol. The number of carbonyl (C=O) groups excluding carboxylic acids is 1. The molecule has 228 valence electrons. The molecule has 0 unspecified atom stereocenters. The van der Waals surface area contributed by atoms with Crippen molar-refractivity contribution in [1.82, 2.24) is 15.0 Å². The zero-order chi connectivity index (χ0) is 30.9. The van der Waals surface area contributed by atoms with Crippen LogP contribution in [-0.4, -0.2) is 44.5 Å². The molecule has 5 rings (SSSR count). The van der Waals surface area contributed by atoms with Gasteiger partial charge in [-0.3, -0.25) is 10.1 Å². The number of para-hydroxylation sites is 2. The summed E-state index contributed by atoms with van der Waals surface area (Å²) in [6.07, 6.45) is 2.77. The Balaban J connectivity index is 1.01. The molecule has 0 aliphatic rings. The number of nitro benzene ring substituents is 1. The molecule has 2 aromatic heterocycles. The second-order valence-corrected chi connectivity index (χ2v) is 10.3. The summed E-state index contributed by atoms with van der Waals surface area (Å²) in [4.78, 5) is 33.9. The number of nitrogens with zero attached hydrogens (tertiary/aromatic N) is 3. The summed E-state index contributed by atoms with van der Waals surface area (Å²) in [6.45, 7) is 0.415. The Morgan fingerprint density at radius 2 is 1.64 bits per heavy atom. The van der Waals surface area contributed by atoms with Crippen molar-refractivity contribution in [1.29, 1.82) is 0 Å². The van der Waals surface area contributed by atoms with Gasteiger partial charge in [-0.25, -0.2) is 9.59 Å². The molecule has 0 saturated carbocycles. The van der Waals surface area contributed by atoms with Crippen molar-refractivity contribution in [2.24, 2.45) is 0 Å². The number of rotatable bonds is 15. The first kappa shape index (κ1) is 30.2. The zero-order valence-electron chi connectivity index (χ0n) is 23.9. The molecule has 2 heterocycles. The molecule has 12 heteroatoms. The molecule has 1 amide bonds. The molecule has 0 aliphatic heterocycles. The highest BCUT2D eigenvalue weighted by Gasteiger charge is 2.21. The quantitative estimate of drug-likeness (QED) is 0.0835. The Kier molecular flexibility index (Phi) is 9.82. The van der Waals surface area contributed by atoms with Gasteiger partial charge >= 0.3 is 12.1 Å². The van der Waals surface area contributed by atoms with Crippen LogP contribution in [0.4, 0.5) is 10.5 Å². The maximum absolute atomic E-state index is 12.1. The van der Waals surface area contributed by atoms with Crippen LogP contribution < -0.4 is 5.32 Å². The average molecular weight is 601 g/mol. The van der Waals surface area contributed by atoms with Gasteiger partial charge in [0.1, 0.15) is 13.2 Å². The Bertz CT molecular complexity index is 1690. The second-order valence-electron chi connectivity index (χ2n) is 10.3. The SMILES string of the molecule is O=C(N[C@@H](COCc1cc(CCCCCn2c3ccccc3c3ccccc32)no1)C(=O)O)OCc1ccc([N+](=O)[O-])cc1. The van der Waals surface area contributed by atoms with E-state index >= 15 is 0 Å². The van der Waals surface area contributed by atoms with Gasteiger partial charge in [0, 0.05) is 46.5 Å². The van der Waals surface area contributed by atoms with Crippen molar-refractivity contribution in [3.05, 3.63) is 106 Å². The van der Waals surface area contributed by atoms with Gasteiger partial charge in [0.25, 0.3) is 5.69 Å². The van der Waals surface area contributed by atoms with Gasteiger partial charge in [-0.05, 0) is 49.1 Å². The number of carboxylic acids is 1. The van der Waals surface area contributed by atoms with Crippen molar-refractivity contribution >= 4 is 39.6 Å². The van der Waals surface area contributed by atoms with Crippen LogP contribution in [-0.2, 0) is 40.4 Å². The lowest BCUT2D eigenvalue weighted by atomic mass is 10.1. The first-order valence-electron chi connectivity index (χ1n) is 14.3. The number of hydrogen-bond acceptors (Lipinski definition) is 8. The highest BCUT2D eigenvalue weighted by molar-refractivity contribution is 6.07. The number of alkyl carbamates (subject to hydrolysis) is 1. The number of aliphatic carboxylic acids is 1. The molecule has 0 radical (unpaired) electrons. The molecule has 1 atom stereocenters. The number of unbranched alkanes of at least 4 members (excludes halogenated alkanes) is 2. The van der Waals surface area contributed by atoms with Crippen molar-refractivity contribution in [3.8, 4) is 0 Å². The van der Waals surface area contributed by atoms with Crippen LogP contribution in [0.25, 0.3) is 21.8 Å². The maximum Gasteiger partial charge on any atom is 0.408 e. The smallest absolute Gasteiger partial charge is 0.408 e. The third-order valence-corrected chi connectivity index (χ3v) is 7.24. The third kappa shape index (κ3) is 7.58. The van der Waals surface area contributed by atoms with E-state index in [4.69, 9.17) is 14.0 Å². The highest BCUT2D eigenvalue weighted by Crippen LogP contribution is 2.29. The van der Waals surface area contributed by atoms with Crippen LogP contribution in [0.5, 0.6) is 0 Å². The van der Waals surface area contributed by atoms with E-state index in [1.807, 2.05) is 0 Å². The number of non-ortho nitro benzene ring substituents is 1. The number of aryl methyl sites for hydroxylation is 2. The number of aromatic nitrogens is 2.